The lowest BCUT2D eigenvalue weighted by Gasteiger charge is -2.12. The number of hydrogen-bond donors (Lipinski definition) is 1. The van der Waals surface area contributed by atoms with Gasteiger partial charge in [-0.1, -0.05) is 30.3 Å². The molecule has 2 heterocycles. The first-order valence-corrected chi connectivity index (χ1v) is 8.27. The minimum atomic E-state index is 1.21. The fourth-order valence-electron chi connectivity index (χ4n) is 1.99. The summed E-state index contributed by atoms with van der Waals surface area (Å²) in [6.07, 6.45) is 1.95. The van der Waals surface area contributed by atoms with Crippen molar-refractivity contribution in [3.05, 3.63) is 60.8 Å². The van der Waals surface area contributed by atoms with Gasteiger partial charge in [0.25, 0.3) is 0 Å². The van der Waals surface area contributed by atoms with Crippen LogP contribution in [0.5, 0.6) is 0 Å². The fourth-order valence-corrected chi connectivity index (χ4v) is 4.22. The number of rotatable bonds is 0. The lowest BCUT2D eigenvalue weighted by Crippen LogP contribution is -1.92. The number of hydrogen-bond acceptors (Lipinski definition) is 2. The van der Waals surface area contributed by atoms with Gasteiger partial charge in [0, 0.05) is 33.0 Å². The third-order valence-electron chi connectivity index (χ3n) is 2.91. The Hall–Kier alpha value is -1.32. The van der Waals surface area contributed by atoms with Gasteiger partial charge in [-0.2, -0.15) is 0 Å². The average Bonchev–Trinajstić information content (AvgIpc) is 2.96. The molecule has 1 N–H and O–H groups in total. The maximum Gasteiger partial charge on any atom is 0.0453 e. The van der Waals surface area contributed by atoms with Gasteiger partial charge in [0.1, 0.15) is 0 Å². The normalized spacial score (nSPS) is 13.5. The number of aromatic amines is 1. The zero-order valence-corrected chi connectivity index (χ0v) is 12.1. The second kappa shape index (κ2) is 6.22. The van der Waals surface area contributed by atoms with Crippen LogP contribution in [0.4, 0.5) is 0 Å². The molecule has 4 rings (SSSR count). The fraction of sp³-hybridized carbons (Fsp3) is 0.125. The number of para-hydroxylation sites is 1. The molecule has 1 aliphatic heterocycles. The number of aromatic nitrogens is 1. The van der Waals surface area contributed by atoms with E-state index in [1.165, 1.54) is 32.2 Å². The molecule has 0 amide bonds. The van der Waals surface area contributed by atoms with Crippen molar-refractivity contribution in [2.75, 3.05) is 11.5 Å². The SMILES string of the molecule is c1ccc2[nH]ccc2c1.c1ccc2c(c1)SCCS2. The predicted molar refractivity (Wildman–Crippen MR) is 86.2 cm³/mol. The van der Waals surface area contributed by atoms with Gasteiger partial charge in [-0.25, -0.2) is 0 Å². The molecule has 0 bridgehead atoms. The van der Waals surface area contributed by atoms with Gasteiger partial charge in [-0.3, -0.25) is 0 Å². The standard InChI is InChI=1S/C8H7N.C8H8S2/c1-2-4-8-7(3-1)5-6-9-8;1-2-4-8-7(3-1)9-5-6-10-8/h1-6,9H;1-4H,5-6H2. The van der Waals surface area contributed by atoms with Crippen LogP contribution in [0.25, 0.3) is 10.9 Å². The molecule has 0 spiro atoms. The molecule has 0 aliphatic carbocycles. The van der Waals surface area contributed by atoms with Crippen molar-refractivity contribution in [3.63, 3.8) is 0 Å². The number of H-pyrrole nitrogens is 1. The third-order valence-corrected chi connectivity index (χ3v) is 5.45. The lowest BCUT2D eigenvalue weighted by molar-refractivity contribution is 1.22. The monoisotopic (exact) mass is 285 g/mol. The summed E-state index contributed by atoms with van der Waals surface area (Å²) in [6, 6.07) is 18.9. The molecule has 3 aromatic rings. The molecule has 0 unspecified atom stereocenters. The Morgan fingerprint density at radius 1 is 0.737 bits per heavy atom. The number of thioether (sulfide) groups is 2. The first-order chi connectivity index (χ1) is 9.43. The first kappa shape index (κ1) is 12.7. The molecule has 1 nitrogen and oxygen atoms in total. The summed E-state index contributed by atoms with van der Waals surface area (Å²) in [5, 5.41) is 1.28. The van der Waals surface area contributed by atoms with E-state index in [-0.39, 0.29) is 0 Å². The molecular formula is C16H15NS2. The lowest BCUT2D eigenvalue weighted by atomic mass is 10.3. The Labute approximate surface area is 121 Å². The topological polar surface area (TPSA) is 15.8 Å². The molecule has 0 fully saturated rings. The van der Waals surface area contributed by atoms with E-state index in [0.29, 0.717) is 0 Å². The predicted octanol–water partition coefficient (Wildman–Crippen LogP) is 5.05. The van der Waals surface area contributed by atoms with Crippen LogP contribution < -0.4 is 0 Å². The van der Waals surface area contributed by atoms with Crippen molar-refractivity contribution >= 4 is 34.4 Å². The molecule has 3 heteroatoms. The maximum absolute atomic E-state index is 3.12. The van der Waals surface area contributed by atoms with Crippen molar-refractivity contribution in [2.24, 2.45) is 0 Å². The molecule has 0 saturated heterocycles. The molecule has 96 valence electrons. The highest BCUT2D eigenvalue weighted by atomic mass is 32.2. The van der Waals surface area contributed by atoms with Crippen LogP contribution in [0.15, 0.2) is 70.6 Å². The van der Waals surface area contributed by atoms with Crippen molar-refractivity contribution in [2.45, 2.75) is 9.79 Å². The van der Waals surface area contributed by atoms with Crippen molar-refractivity contribution in [1.29, 1.82) is 0 Å². The van der Waals surface area contributed by atoms with Crippen LogP contribution in [0, 0.1) is 0 Å². The van der Waals surface area contributed by atoms with Gasteiger partial charge in [-0.05, 0) is 29.7 Å². The van der Waals surface area contributed by atoms with Gasteiger partial charge in [0.05, 0.1) is 0 Å². The highest BCUT2D eigenvalue weighted by Gasteiger charge is 2.07. The Morgan fingerprint density at radius 3 is 2.05 bits per heavy atom. The van der Waals surface area contributed by atoms with E-state index in [9.17, 15) is 0 Å². The highest BCUT2D eigenvalue weighted by Crippen LogP contribution is 2.35. The third kappa shape index (κ3) is 3.17. The van der Waals surface area contributed by atoms with Crippen molar-refractivity contribution in [1.82, 2.24) is 4.98 Å². The van der Waals surface area contributed by atoms with Crippen LogP contribution in [0.3, 0.4) is 0 Å². The summed E-state index contributed by atoms with van der Waals surface area (Å²) in [4.78, 5) is 6.03. The molecule has 0 saturated carbocycles. The first-order valence-electron chi connectivity index (χ1n) is 6.30. The van der Waals surface area contributed by atoms with E-state index in [0.717, 1.165) is 0 Å². The van der Waals surface area contributed by atoms with Crippen LogP contribution in [-0.4, -0.2) is 16.5 Å². The molecule has 19 heavy (non-hydrogen) atoms. The summed E-state index contributed by atoms with van der Waals surface area (Å²) >= 11 is 3.94. The average molecular weight is 285 g/mol. The van der Waals surface area contributed by atoms with Crippen molar-refractivity contribution in [3.8, 4) is 0 Å². The Morgan fingerprint density at radius 2 is 1.37 bits per heavy atom. The summed E-state index contributed by atoms with van der Waals surface area (Å²) < 4.78 is 0. The van der Waals surface area contributed by atoms with Crippen LogP contribution in [-0.2, 0) is 0 Å². The minimum absolute atomic E-state index is 1.21. The zero-order chi connectivity index (χ0) is 12.9. The van der Waals surface area contributed by atoms with Gasteiger partial charge in [0.2, 0.25) is 0 Å². The van der Waals surface area contributed by atoms with Gasteiger partial charge >= 0.3 is 0 Å². The van der Waals surface area contributed by atoms with Gasteiger partial charge < -0.3 is 4.98 Å². The number of benzene rings is 2. The molecule has 0 radical (unpaired) electrons. The van der Waals surface area contributed by atoms with E-state index in [1.807, 2.05) is 41.9 Å². The van der Waals surface area contributed by atoms with E-state index in [4.69, 9.17) is 0 Å². The van der Waals surface area contributed by atoms with Crippen LogP contribution in [0.2, 0.25) is 0 Å². The largest absolute Gasteiger partial charge is 0.361 e. The molecule has 0 atom stereocenters. The van der Waals surface area contributed by atoms with E-state index in [1.54, 1.807) is 0 Å². The van der Waals surface area contributed by atoms with Gasteiger partial charge in [-0.15, -0.1) is 23.5 Å². The maximum atomic E-state index is 3.12. The molecular weight excluding hydrogens is 270 g/mol. The number of nitrogens with one attached hydrogen (secondary N) is 1. The Balaban J connectivity index is 0.000000117. The molecule has 1 aliphatic rings. The molecule has 2 aromatic carbocycles. The summed E-state index contributed by atoms with van der Waals surface area (Å²) in [5.74, 6) is 2.53. The van der Waals surface area contributed by atoms with Crippen LogP contribution in [0.1, 0.15) is 0 Å². The van der Waals surface area contributed by atoms with E-state index in [2.05, 4.69) is 47.4 Å². The quantitative estimate of drug-likeness (QED) is 0.622. The summed E-state index contributed by atoms with van der Waals surface area (Å²) in [5.41, 5.74) is 1.21. The highest BCUT2D eigenvalue weighted by molar-refractivity contribution is 8.05. The second-order valence-electron chi connectivity index (χ2n) is 4.21. The summed E-state index contributed by atoms with van der Waals surface area (Å²) in [6.45, 7) is 0. The second-order valence-corrected chi connectivity index (χ2v) is 6.48. The van der Waals surface area contributed by atoms with E-state index < -0.39 is 0 Å². The minimum Gasteiger partial charge on any atom is -0.361 e. The van der Waals surface area contributed by atoms with E-state index >= 15 is 0 Å². The zero-order valence-electron chi connectivity index (χ0n) is 10.5. The van der Waals surface area contributed by atoms with Crippen LogP contribution >= 0.6 is 23.5 Å². The number of fused-ring (bicyclic) bond motifs is 2. The summed E-state index contributed by atoms with van der Waals surface area (Å²) in [7, 11) is 0. The van der Waals surface area contributed by atoms with Crippen molar-refractivity contribution < 1.29 is 0 Å². The van der Waals surface area contributed by atoms with Gasteiger partial charge in [0.15, 0.2) is 0 Å². The smallest absolute Gasteiger partial charge is 0.0453 e. The Kier molecular flexibility index (Phi) is 4.16. The molecule has 1 aromatic heterocycles. The Bertz CT molecular complexity index is 605.